The zero-order valence-corrected chi connectivity index (χ0v) is 33.6. The zero-order chi connectivity index (χ0) is 38.5. The quantitative estimate of drug-likeness (QED) is 0.105. The smallest absolute Gasteiger partial charge is 0.175 e. The number of anilines is 1. The van der Waals surface area contributed by atoms with E-state index in [9.17, 15) is 8.42 Å². The number of hydrogen-bond acceptors (Lipinski definition) is 8. The number of ether oxygens (including phenoxy) is 3. The van der Waals surface area contributed by atoms with Crippen LogP contribution in [0.15, 0.2) is 102 Å². The van der Waals surface area contributed by atoms with Gasteiger partial charge in [-0.3, -0.25) is 9.88 Å². The van der Waals surface area contributed by atoms with E-state index in [-0.39, 0.29) is 6.04 Å². The van der Waals surface area contributed by atoms with Crippen LogP contribution >= 0.6 is 0 Å². The fourth-order valence-electron chi connectivity index (χ4n) is 7.96. The molecule has 1 saturated heterocycles. The van der Waals surface area contributed by atoms with Crippen molar-refractivity contribution >= 4 is 15.5 Å². The summed E-state index contributed by atoms with van der Waals surface area (Å²) < 4.78 is 41.9. The average Bonchev–Trinajstić information content (AvgIpc) is 4.06. The molecule has 1 aliphatic heterocycles. The summed E-state index contributed by atoms with van der Waals surface area (Å²) in [7, 11) is 1.83. The van der Waals surface area contributed by atoms with E-state index in [4.69, 9.17) is 19.2 Å². The predicted octanol–water partition coefficient (Wildman–Crippen LogP) is 9.35. The molecule has 0 unspecified atom stereocenters. The SMILES string of the molecule is CCCc1cc(OC)cc(-c2cc(CN3CCC(N(Cc4cccc(-c5cc(OC)c(OC)c(C6CC6)c5)c4)c4ccc(S(C)(=O)=O)cc4)CC3)ccn2)c1. The van der Waals surface area contributed by atoms with Gasteiger partial charge in [0, 0.05) is 61.5 Å². The minimum atomic E-state index is -3.30. The van der Waals surface area contributed by atoms with Gasteiger partial charge in [-0.05, 0) is 139 Å². The predicted molar refractivity (Wildman–Crippen MR) is 221 cm³/mol. The Labute approximate surface area is 327 Å². The first kappa shape index (κ1) is 38.4. The molecule has 9 heteroatoms. The molecule has 2 heterocycles. The molecular formula is C46H53N3O5S. The van der Waals surface area contributed by atoms with Crippen LogP contribution in [-0.4, -0.2) is 65.0 Å². The van der Waals surface area contributed by atoms with Crippen molar-refractivity contribution in [3.05, 3.63) is 119 Å². The first-order valence-corrected chi connectivity index (χ1v) is 21.3. The summed E-state index contributed by atoms with van der Waals surface area (Å²) in [4.78, 5) is 10.1. The highest BCUT2D eigenvalue weighted by Crippen LogP contribution is 2.49. The van der Waals surface area contributed by atoms with Gasteiger partial charge >= 0.3 is 0 Å². The molecule has 0 N–H and O–H groups in total. The van der Waals surface area contributed by atoms with E-state index in [0.717, 1.165) is 90.6 Å². The number of benzene rings is 4. The minimum Gasteiger partial charge on any atom is -0.497 e. The lowest BCUT2D eigenvalue weighted by Crippen LogP contribution is -2.44. The van der Waals surface area contributed by atoms with Gasteiger partial charge in [0.05, 0.1) is 31.9 Å². The molecule has 0 atom stereocenters. The molecule has 0 spiro atoms. The van der Waals surface area contributed by atoms with E-state index >= 15 is 0 Å². The molecule has 0 radical (unpaired) electrons. The molecule has 288 valence electrons. The Morgan fingerprint density at radius 1 is 0.764 bits per heavy atom. The number of likely N-dealkylation sites (tertiary alicyclic amines) is 1. The summed E-state index contributed by atoms with van der Waals surface area (Å²) in [6.07, 6.45) is 9.57. The van der Waals surface area contributed by atoms with E-state index in [2.05, 4.69) is 83.5 Å². The van der Waals surface area contributed by atoms with Crippen molar-refractivity contribution in [1.82, 2.24) is 9.88 Å². The number of sulfone groups is 1. The normalized spacial score (nSPS) is 15.1. The van der Waals surface area contributed by atoms with Crippen LogP contribution in [-0.2, 0) is 29.3 Å². The maximum absolute atomic E-state index is 12.3. The maximum Gasteiger partial charge on any atom is 0.175 e. The second kappa shape index (κ2) is 16.9. The van der Waals surface area contributed by atoms with Crippen molar-refractivity contribution in [2.75, 3.05) is 45.6 Å². The van der Waals surface area contributed by atoms with Crippen LogP contribution < -0.4 is 19.1 Å². The third-order valence-electron chi connectivity index (χ3n) is 11.0. The van der Waals surface area contributed by atoms with Gasteiger partial charge in [-0.1, -0.05) is 31.5 Å². The number of rotatable bonds is 15. The van der Waals surface area contributed by atoms with Crippen LogP contribution in [0.4, 0.5) is 5.69 Å². The van der Waals surface area contributed by atoms with E-state index in [1.165, 1.54) is 41.4 Å². The number of hydrogen-bond donors (Lipinski definition) is 0. The lowest BCUT2D eigenvalue weighted by atomic mass is 9.97. The molecule has 8 nitrogen and oxygen atoms in total. The molecular weight excluding hydrogens is 707 g/mol. The molecule has 2 aliphatic rings. The standard InChI is InChI=1S/C46H53N3O5S/c1-6-8-32-23-38(27-41(25-32)52-2)44-26-34(17-20-47-44)30-48-21-18-40(19-22-48)49(39-13-15-42(16-14-39)55(5,50)51)31-33-9-7-10-36(24-33)37-28-43(35-11-12-35)46(54-4)45(29-37)53-3/h7,9-10,13-17,20,23-29,35,40H,6,8,11-12,18-19,21-22,30-31H2,1-5H3. The van der Waals surface area contributed by atoms with Gasteiger partial charge in [0.2, 0.25) is 0 Å². The third-order valence-corrected chi connectivity index (χ3v) is 12.1. The minimum absolute atomic E-state index is 0.285. The van der Waals surface area contributed by atoms with Gasteiger partial charge in [-0.25, -0.2) is 8.42 Å². The van der Waals surface area contributed by atoms with Crippen LogP contribution in [0.5, 0.6) is 17.2 Å². The Morgan fingerprint density at radius 2 is 1.53 bits per heavy atom. The van der Waals surface area contributed by atoms with Crippen LogP contribution in [0, 0.1) is 0 Å². The Morgan fingerprint density at radius 3 is 2.20 bits per heavy atom. The number of methoxy groups -OCH3 is 3. The lowest BCUT2D eigenvalue weighted by molar-refractivity contribution is 0.201. The summed E-state index contributed by atoms with van der Waals surface area (Å²) in [6.45, 7) is 5.66. The highest BCUT2D eigenvalue weighted by atomic mass is 32.2. The molecule has 1 aliphatic carbocycles. The molecule has 1 saturated carbocycles. The van der Waals surface area contributed by atoms with Crippen molar-refractivity contribution in [2.24, 2.45) is 0 Å². The van der Waals surface area contributed by atoms with E-state index in [1.807, 2.05) is 18.3 Å². The number of aromatic nitrogens is 1. The Balaban J connectivity index is 1.10. The fraction of sp³-hybridized carbons (Fsp3) is 0.370. The topological polar surface area (TPSA) is 81.2 Å². The first-order valence-electron chi connectivity index (χ1n) is 19.4. The van der Waals surface area contributed by atoms with Crippen molar-refractivity contribution < 1.29 is 22.6 Å². The summed E-state index contributed by atoms with van der Waals surface area (Å²) in [5.74, 6) is 2.97. The van der Waals surface area contributed by atoms with Gasteiger partial charge in [0.1, 0.15) is 5.75 Å². The van der Waals surface area contributed by atoms with Gasteiger partial charge < -0.3 is 19.1 Å². The fourth-order valence-corrected chi connectivity index (χ4v) is 8.59. The largest absolute Gasteiger partial charge is 0.497 e. The monoisotopic (exact) mass is 759 g/mol. The molecule has 55 heavy (non-hydrogen) atoms. The van der Waals surface area contributed by atoms with Gasteiger partial charge in [-0.15, -0.1) is 0 Å². The number of aryl methyl sites for hydroxylation is 1. The lowest BCUT2D eigenvalue weighted by Gasteiger charge is -2.40. The molecule has 1 aromatic heterocycles. The number of piperidine rings is 1. The molecule has 4 aromatic carbocycles. The van der Waals surface area contributed by atoms with E-state index in [0.29, 0.717) is 17.4 Å². The summed E-state index contributed by atoms with van der Waals surface area (Å²) in [6, 6.07) is 31.5. The highest BCUT2D eigenvalue weighted by molar-refractivity contribution is 7.90. The van der Waals surface area contributed by atoms with Crippen LogP contribution in [0.25, 0.3) is 22.4 Å². The van der Waals surface area contributed by atoms with Crippen molar-refractivity contribution in [3.63, 3.8) is 0 Å². The molecule has 7 rings (SSSR count). The molecule has 5 aromatic rings. The van der Waals surface area contributed by atoms with Gasteiger partial charge in [0.15, 0.2) is 21.3 Å². The van der Waals surface area contributed by atoms with Crippen LogP contribution in [0.3, 0.4) is 0 Å². The molecule has 2 fully saturated rings. The Bertz CT molecular complexity index is 2210. The molecule has 0 amide bonds. The van der Waals surface area contributed by atoms with Crippen molar-refractivity contribution in [1.29, 1.82) is 0 Å². The van der Waals surface area contributed by atoms with E-state index < -0.39 is 9.84 Å². The van der Waals surface area contributed by atoms with Gasteiger partial charge in [0.25, 0.3) is 0 Å². The second-order valence-electron chi connectivity index (χ2n) is 15.0. The van der Waals surface area contributed by atoms with Gasteiger partial charge in [-0.2, -0.15) is 0 Å². The number of pyridine rings is 1. The van der Waals surface area contributed by atoms with Crippen molar-refractivity contribution in [2.45, 2.75) is 75.4 Å². The third kappa shape index (κ3) is 9.17. The second-order valence-corrected chi connectivity index (χ2v) is 17.1. The van der Waals surface area contributed by atoms with Crippen LogP contribution in [0.1, 0.15) is 67.2 Å². The highest BCUT2D eigenvalue weighted by Gasteiger charge is 2.30. The average molecular weight is 760 g/mol. The van der Waals surface area contributed by atoms with Crippen molar-refractivity contribution in [3.8, 4) is 39.6 Å². The molecule has 0 bridgehead atoms. The summed E-state index contributed by atoms with van der Waals surface area (Å²) >= 11 is 0. The summed E-state index contributed by atoms with van der Waals surface area (Å²) in [5.41, 5.74) is 10.2. The maximum atomic E-state index is 12.3. The Kier molecular flexibility index (Phi) is 11.8. The zero-order valence-electron chi connectivity index (χ0n) is 32.8. The van der Waals surface area contributed by atoms with Crippen LogP contribution in [0.2, 0.25) is 0 Å². The Hall–Kier alpha value is -4.86. The number of nitrogens with zero attached hydrogens (tertiary/aromatic N) is 3. The van der Waals surface area contributed by atoms with E-state index in [1.54, 1.807) is 33.5 Å². The first-order chi connectivity index (χ1) is 26.6. The summed E-state index contributed by atoms with van der Waals surface area (Å²) in [5, 5.41) is 0.